The van der Waals surface area contributed by atoms with Crippen LogP contribution in [-0.4, -0.2) is 21.6 Å². The van der Waals surface area contributed by atoms with Crippen LogP contribution in [0.3, 0.4) is 0 Å². The van der Waals surface area contributed by atoms with Gasteiger partial charge in [0.2, 0.25) is 0 Å². The van der Waals surface area contributed by atoms with Crippen LogP contribution in [0.1, 0.15) is 12.5 Å². The van der Waals surface area contributed by atoms with Gasteiger partial charge < -0.3 is 9.16 Å². The molecule has 0 radical (unpaired) electrons. The Morgan fingerprint density at radius 1 is 1.11 bits per heavy atom. The molecular weight excluding hydrogens is 273 g/mol. The lowest BCUT2D eigenvalue weighted by molar-refractivity contribution is -0.250. The van der Waals surface area contributed by atoms with E-state index in [-0.39, 0.29) is 5.56 Å². The molecule has 1 aromatic rings. The summed E-state index contributed by atoms with van der Waals surface area (Å²) in [4.78, 5) is 0. The van der Waals surface area contributed by atoms with Crippen LogP contribution < -0.4 is 4.74 Å². The highest BCUT2D eigenvalue weighted by Crippen LogP contribution is 2.44. The summed E-state index contributed by atoms with van der Waals surface area (Å²) in [5.74, 6) is 0.382. The Kier molecular flexibility index (Phi) is 4.36. The van der Waals surface area contributed by atoms with E-state index in [0.29, 0.717) is 5.75 Å². The molecule has 0 bridgehead atoms. The van der Waals surface area contributed by atoms with Crippen molar-refractivity contribution in [1.82, 2.24) is 0 Å². The van der Waals surface area contributed by atoms with E-state index in [1.165, 1.54) is 25.3 Å². The molecule has 0 unspecified atom stereocenters. The lowest BCUT2D eigenvalue weighted by atomic mass is 9.95. The van der Waals surface area contributed by atoms with Gasteiger partial charge in [-0.15, -0.1) is 0 Å². The zero-order valence-corrected chi connectivity index (χ0v) is 12.8. The molecule has 0 saturated heterocycles. The molecule has 0 fully saturated rings. The molecule has 0 aliphatic heterocycles. The smallest absolute Gasteiger partial charge is 0.420 e. The molecule has 2 nitrogen and oxygen atoms in total. The van der Waals surface area contributed by atoms with Gasteiger partial charge in [-0.2, -0.15) is 13.2 Å². The highest BCUT2D eigenvalue weighted by Gasteiger charge is 2.55. The fourth-order valence-corrected chi connectivity index (χ4v) is 3.27. The molecule has 19 heavy (non-hydrogen) atoms. The molecule has 6 heteroatoms. The molecular formula is C13H19F3O2Si. The predicted octanol–water partition coefficient (Wildman–Crippen LogP) is 4.32. The summed E-state index contributed by atoms with van der Waals surface area (Å²) in [5, 5.41) is 0. The first kappa shape index (κ1) is 16.0. The van der Waals surface area contributed by atoms with Gasteiger partial charge in [-0.05, 0) is 44.3 Å². The average Bonchev–Trinajstić information content (AvgIpc) is 2.25. The van der Waals surface area contributed by atoms with E-state index in [1.807, 2.05) is 0 Å². The van der Waals surface area contributed by atoms with Gasteiger partial charge in [0.15, 0.2) is 13.9 Å². The average molecular weight is 292 g/mol. The maximum atomic E-state index is 13.4. The normalized spacial score (nSPS) is 16.0. The quantitative estimate of drug-likeness (QED) is 0.769. The number of hydrogen-bond donors (Lipinski definition) is 0. The molecule has 1 aromatic carbocycles. The SMILES string of the molecule is COc1cccc([C@](C)(O[Si](C)(C)C)C(F)(F)F)c1. The zero-order chi connectivity index (χ0) is 14.9. The first-order valence-corrected chi connectivity index (χ1v) is 9.32. The standard InChI is InChI=1S/C13H19F3O2Si/c1-12(13(14,15)16,18-19(3,4)5)10-7-6-8-11(9-10)17-2/h6-9H,1-5H3/t12-/m0/s1. The van der Waals surface area contributed by atoms with Crippen molar-refractivity contribution in [3.8, 4) is 5.75 Å². The van der Waals surface area contributed by atoms with Crippen molar-refractivity contribution in [3.63, 3.8) is 0 Å². The van der Waals surface area contributed by atoms with E-state index in [9.17, 15) is 13.2 Å². The second-order valence-corrected chi connectivity index (χ2v) is 9.91. The fourth-order valence-electron chi connectivity index (χ4n) is 1.81. The van der Waals surface area contributed by atoms with Crippen molar-refractivity contribution in [2.75, 3.05) is 7.11 Å². The second-order valence-electron chi connectivity index (χ2n) is 5.48. The van der Waals surface area contributed by atoms with Crippen molar-refractivity contribution < 1.29 is 22.3 Å². The lowest BCUT2D eigenvalue weighted by Crippen LogP contribution is -2.48. The molecule has 0 heterocycles. The minimum absolute atomic E-state index is 0.0572. The van der Waals surface area contributed by atoms with Crippen LogP contribution in [-0.2, 0) is 10.0 Å². The maximum Gasteiger partial charge on any atom is 0.420 e. The molecule has 0 N–H and O–H groups in total. The number of methoxy groups -OCH3 is 1. The number of alkyl halides is 3. The maximum absolute atomic E-state index is 13.4. The number of benzene rings is 1. The Labute approximate surface area is 112 Å². The molecule has 0 aromatic heterocycles. The number of rotatable bonds is 4. The first-order chi connectivity index (χ1) is 8.49. The van der Waals surface area contributed by atoms with Gasteiger partial charge in [0.05, 0.1) is 7.11 Å². The van der Waals surface area contributed by atoms with Crippen LogP contribution in [0.15, 0.2) is 24.3 Å². The monoisotopic (exact) mass is 292 g/mol. The van der Waals surface area contributed by atoms with E-state index >= 15 is 0 Å². The predicted molar refractivity (Wildman–Crippen MR) is 70.8 cm³/mol. The van der Waals surface area contributed by atoms with E-state index < -0.39 is 20.1 Å². The summed E-state index contributed by atoms with van der Waals surface area (Å²) in [5.41, 5.74) is -2.26. The summed E-state index contributed by atoms with van der Waals surface area (Å²) in [6, 6.07) is 5.92. The van der Waals surface area contributed by atoms with E-state index in [1.54, 1.807) is 25.7 Å². The van der Waals surface area contributed by atoms with E-state index in [4.69, 9.17) is 9.16 Å². The third kappa shape index (κ3) is 3.73. The third-order valence-corrected chi connectivity index (χ3v) is 3.69. The van der Waals surface area contributed by atoms with Gasteiger partial charge in [-0.3, -0.25) is 0 Å². The summed E-state index contributed by atoms with van der Waals surface area (Å²) in [6.07, 6.45) is -4.49. The topological polar surface area (TPSA) is 18.5 Å². The van der Waals surface area contributed by atoms with Gasteiger partial charge in [-0.25, -0.2) is 0 Å². The first-order valence-electron chi connectivity index (χ1n) is 5.91. The van der Waals surface area contributed by atoms with Gasteiger partial charge in [0.1, 0.15) is 5.75 Å². The minimum Gasteiger partial charge on any atom is -0.497 e. The summed E-state index contributed by atoms with van der Waals surface area (Å²) >= 11 is 0. The van der Waals surface area contributed by atoms with Crippen molar-refractivity contribution in [2.45, 2.75) is 38.3 Å². The van der Waals surface area contributed by atoms with Crippen LogP contribution in [0.4, 0.5) is 13.2 Å². The molecule has 1 atom stereocenters. The van der Waals surface area contributed by atoms with E-state index in [2.05, 4.69) is 0 Å². The van der Waals surface area contributed by atoms with Crippen molar-refractivity contribution in [3.05, 3.63) is 29.8 Å². The number of ether oxygens (including phenoxy) is 1. The van der Waals surface area contributed by atoms with Crippen LogP contribution in [0, 0.1) is 0 Å². The Hall–Kier alpha value is -1.01. The molecule has 0 saturated carbocycles. The second kappa shape index (κ2) is 5.17. The molecule has 0 spiro atoms. The zero-order valence-electron chi connectivity index (χ0n) is 11.8. The largest absolute Gasteiger partial charge is 0.497 e. The highest BCUT2D eigenvalue weighted by atomic mass is 28.4. The van der Waals surface area contributed by atoms with Gasteiger partial charge in [-0.1, -0.05) is 12.1 Å². The van der Waals surface area contributed by atoms with Crippen LogP contribution >= 0.6 is 0 Å². The van der Waals surface area contributed by atoms with Crippen molar-refractivity contribution in [1.29, 1.82) is 0 Å². The molecule has 0 aliphatic carbocycles. The molecule has 108 valence electrons. The summed E-state index contributed by atoms with van der Waals surface area (Å²) in [6.45, 7) is 6.27. The van der Waals surface area contributed by atoms with Gasteiger partial charge in [0, 0.05) is 0 Å². The van der Waals surface area contributed by atoms with Crippen molar-refractivity contribution >= 4 is 8.32 Å². The Balaban J connectivity index is 3.31. The highest BCUT2D eigenvalue weighted by molar-refractivity contribution is 6.69. The van der Waals surface area contributed by atoms with E-state index in [0.717, 1.165) is 6.92 Å². The summed E-state index contributed by atoms with van der Waals surface area (Å²) < 4.78 is 50.7. The minimum atomic E-state index is -4.49. The fraction of sp³-hybridized carbons (Fsp3) is 0.538. The van der Waals surface area contributed by atoms with Crippen LogP contribution in [0.2, 0.25) is 19.6 Å². The number of hydrogen-bond acceptors (Lipinski definition) is 2. The van der Waals surface area contributed by atoms with Gasteiger partial charge in [0.25, 0.3) is 0 Å². The lowest BCUT2D eigenvalue weighted by Gasteiger charge is -2.38. The van der Waals surface area contributed by atoms with Crippen molar-refractivity contribution in [2.24, 2.45) is 0 Å². The Morgan fingerprint density at radius 3 is 2.11 bits per heavy atom. The molecule has 0 amide bonds. The molecule has 0 aliphatic rings. The summed E-state index contributed by atoms with van der Waals surface area (Å²) in [7, 11) is -0.954. The third-order valence-electron chi connectivity index (χ3n) is 2.67. The Morgan fingerprint density at radius 2 is 1.68 bits per heavy atom. The van der Waals surface area contributed by atoms with Crippen LogP contribution in [0.5, 0.6) is 5.75 Å². The Bertz CT molecular complexity index is 440. The van der Waals surface area contributed by atoms with Gasteiger partial charge >= 0.3 is 6.18 Å². The van der Waals surface area contributed by atoms with Crippen LogP contribution in [0.25, 0.3) is 0 Å². The number of halogens is 3. The molecule has 1 rings (SSSR count).